The number of rotatable bonds is 6. The molecule has 10 heteroatoms. The molecule has 138 valence electrons. The molecule has 0 radical (unpaired) electrons. The zero-order valence-electron chi connectivity index (χ0n) is 14.4. The molecule has 1 amide bonds. The Morgan fingerprint density at radius 3 is 2.31 bits per heavy atom. The highest BCUT2D eigenvalue weighted by Gasteiger charge is 2.32. The number of halogens is 1. The van der Waals surface area contributed by atoms with Crippen LogP contribution in [0.5, 0.6) is 0 Å². The summed E-state index contributed by atoms with van der Waals surface area (Å²) in [6.45, 7) is 1.69. The maximum atomic E-state index is 13.0. The van der Waals surface area contributed by atoms with Crippen molar-refractivity contribution in [3.05, 3.63) is 41.5 Å². The smallest absolute Gasteiger partial charge is 0.361 e. The van der Waals surface area contributed by atoms with E-state index in [0.29, 0.717) is 5.69 Å². The number of methoxy groups -OCH3 is 2. The van der Waals surface area contributed by atoms with E-state index in [-0.39, 0.29) is 17.8 Å². The summed E-state index contributed by atoms with van der Waals surface area (Å²) in [6, 6.07) is 4.22. The number of aromatic nitrogens is 3. The van der Waals surface area contributed by atoms with Gasteiger partial charge >= 0.3 is 11.9 Å². The summed E-state index contributed by atoms with van der Waals surface area (Å²) in [7, 11) is 2.25. The van der Waals surface area contributed by atoms with Gasteiger partial charge in [0.15, 0.2) is 5.69 Å². The van der Waals surface area contributed by atoms with Crippen LogP contribution in [0.4, 0.5) is 10.1 Å². The van der Waals surface area contributed by atoms with Crippen molar-refractivity contribution in [2.75, 3.05) is 19.5 Å². The highest BCUT2D eigenvalue weighted by Crippen LogP contribution is 2.20. The van der Waals surface area contributed by atoms with Crippen molar-refractivity contribution < 1.29 is 28.2 Å². The molecular formula is C16H17FN4O5. The number of carbonyl (C=O) groups is 3. The first-order valence-corrected chi connectivity index (χ1v) is 7.61. The number of amides is 1. The Hall–Kier alpha value is -3.30. The zero-order valence-corrected chi connectivity index (χ0v) is 14.4. The first-order chi connectivity index (χ1) is 12.4. The second-order valence-electron chi connectivity index (χ2n) is 5.13. The van der Waals surface area contributed by atoms with Gasteiger partial charge < -0.3 is 14.8 Å². The van der Waals surface area contributed by atoms with Crippen LogP contribution >= 0.6 is 0 Å². The van der Waals surface area contributed by atoms with Gasteiger partial charge in [0.05, 0.1) is 14.2 Å². The SMILES string of the molecule is CC[C@H](C(=O)Nc1ccc(F)cc1)n1nnc(C(=O)OC)c1C(=O)OC. The average molecular weight is 364 g/mol. The third kappa shape index (κ3) is 3.85. The first kappa shape index (κ1) is 19.0. The molecule has 0 fully saturated rings. The van der Waals surface area contributed by atoms with Crippen molar-refractivity contribution in [3.63, 3.8) is 0 Å². The Kier molecular flexibility index (Phi) is 5.99. The van der Waals surface area contributed by atoms with E-state index in [4.69, 9.17) is 0 Å². The quantitative estimate of drug-likeness (QED) is 0.774. The van der Waals surface area contributed by atoms with Gasteiger partial charge in [0.1, 0.15) is 11.9 Å². The largest absolute Gasteiger partial charge is 0.464 e. The van der Waals surface area contributed by atoms with Gasteiger partial charge in [0.2, 0.25) is 11.6 Å². The third-order valence-corrected chi connectivity index (χ3v) is 3.55. The van der Waals surface area contributed by atoms with Crippen molar-refractivity contribution in [3.8, 4) is 0 Å². The minimum atomic E-state index is -0.958. The molecule has 1 N–H and O–H groups in total. The lowest BCUT2D eigenvalue weighted by Crippen LogP contribution is -2.29. The molecule has 0 bridgehead atoms. The number of hydrogen-bond acceptors (Lipinski definition) is 7. The number of benzene rings is 1. The van der Waals surface area contributed by atoms with Gasteiger partial charge in [-0.3, -0.25) is 4.79 Å². The number of ether oxygens (including phenoxy) is 2. The fourth-order valence-corrected chi connectivity index (χ4v) is 2.26. The van der Waals surface area contributed by atoms with E-state index in [1.54, 1.807) is 6.92 Å². The molecule has 26 heavy (non-hydrogen) atoms. The average Bonchev–Trinajstić information content (AvgIpc) is 3.07. The lowest BCUT2D eigenvalue weighted by Gasteiger charge is -2.17. The molecule has 1 atom stereocenters. The Balaban J connectivity index is 2.38. The Morgan fingerprint density at radius 2 is 1.77 bits per heavy atom. The summed E-state index contributed by atoms with van der Waals surface area (Å²) < 4.78 is 23.2. The molecule has 0 aliphatic carbocycles. The fourth-order valence-electron chi connectivity index (χ4n) is 2.26. The van der Waals surface area contributed by atoms with Gasteiger partial charge in [-0.25, -0.2) is 18.7 Å². The number of nitrogens with zero attached hydrogens (tertiary/aromatic N) is 3. The Labute approximate surface area is 148 Å². The minimum Gasteiger partial charge on any atom is -0.464 e. The molecule has 1 aromatic heterocycles. The number of anilines is 1. The van der Waals surface area contributed by atoms with Crippen LogP contribution in [0.2, 0.25) is 0 Å². The second kappa shape index (κ2) is 8.19. The van der Waals surface area contributed by atoms with Gasteiger partial charge in [0, 0.05) is 5.69 Å². The minimum absolute atomic E-state index is 0.237. The molecule has 0 saturated heterocycles. The van der Waals surface area contributed by atoms with Gasteiger partial charge in [0.25, 0.3) is 0 Å². The van der Waals surface area contributed by atoms with Gasteiger partial charge in [-0.05, 0) is 30.7 Å². The number of nitrogens with one attached hydrogen (secondary N) is 1. The molecule has 1 heterocycles. The monoisotopic (exact) mass is 364 g/mol. The van der Waals surface area contributed by atoms with Crippen LogP contribution in [-0.4, -0.2) is 47.1 Å². The van der Waals surface area contributed by atoms with Crippen LogP contribution in [0.3, 0.4) is 0 Å². The Morgan fingerprint density at radius 1 is 1.15 bits per heavy atom. The molecule has 1 aromatic carbocycles. The van der Waals surface area contributed by atoms with E-state index in [0.717, 1.165) is 18.9 Å². The number of esters is 2. The summed E-state index contributed by atoms with van der Waals surface area (Å²) in [5, 5.41) is 9.97. The van der Waals surface area contributed by atoms with Crippen LogP contribution in [0.15, 0.2) is 24.3 Å². The number of hydrogen-bond donors (Lipinski definition) is 1. The van der Waals surface area contributed by atoms with Crippen molar-refractivity contribution in [2.24, 2.45) is 0 Å². The van der Waals surface area contributed by atoms with Gasteiger partial charge in [-0.2, -0.15) is 0 Å². The molecule has 0 unspecified atom stereocenters. The molecular weight excluding hydrogens is 347 g/mol. The lowest BCUT2D eigenvalue weighted by molar-refractivity contribution is -0.119. The number of carbonyl (C=O) groups excluding carboxylic acids is 3. The van der Waals surface area contributed by atoms with E-state index in [1.807, 2.05) is 0 Å². The fraction of sp³-hybridized carbons (Fsp3) is 0.312. The van der Waals surface area contributed by atoms with Crippen LogP contribution in [0, 0.1) is 5.82 Å². The van der Waals surface area contributed by atoms with E-state index >= 15 is 0 Å². The second-order valence-corrected chi connectivity index (χ2v) is 5.13. The van der Waals surface area contributed by atoms with Crippen LogP contribution < -0.4 is 5.32 Å². The molecule has 0 aliphatic rings. The standard InChI is InChI=1S/C16H17FN4O5/c1-4-11(14(22)18-10-7-5-9(17)6-8-10)21-13(16(24)26-3)12(19-20-21)15(23)25-2/h5-8,11H,4H2,1-3H3,(H,18,22)/t11-/m1/s1. The predicted octanol–water partition coefficient (Wildman–Crippen LogP) is 1.58. The van der Waals surface area contributed by atoms with Crippen molar-refractivity contribution >= 4 is 23.5 Å². The molecule has 0 aliphatic heterocycles. The molecule has 2 rings (SSSR count). The highest BCUT2D eigenvalue weighted by atomic mass is 19.1. The van der Waals surface area contributed by atoms with Gasteiger partial charge in [-0.15, -0.1) is 5.10 Å². The van der Waals surface area contributed by atoms with E-state index in [2.05, 4.69) is 25.1 Å². The summed E-state index contributed by atoms with van der Waals surface area (Å²) in [6.07, 6.45) is 0.237. The maximum absolute atomic E-state index is 13.0. The van der Waals surface area contributed by atoms with Crippen LogP contribution in [0.1, 0.15) is 40.4 Å². The molecule has 9 nitrogen and oxygen atoms in total. The van der Waals surface area contributed by atoms with Crippen LogP contribution in [0.25, 0.3) is 0 Å². The summed E-state index contributed by atoms with van der Waals surface area (Å²) in [4.78, 5) is 36.4. The van der Waals surface area contributed by atoms with Crippen molar-refractivity contribution in [2.45, 2.75) is 19.4 Å². The van der Waals surface area contributed by atoms with E-state index < -0.39 is 29.7 Å². The van der Waals surface area contributed by atoms with Crippen molar-refractivity contribution in [1.82, 2.24) is 15.0 Å². The summed E-state index contributed by atoms with van der Waals surface area (Å²) in [5.41, 5.74) is -0.282. The molecule has 0 spiro atoms. The molecule has 0 saturated carbocycles. The highest BCUT2D eigenvalue weighted by molar-refractivity contribution is 6.01. The summed E-state index contributed by atoms with van der Waals surface area (Å²) in [5.74, 6) is -2.73. The lowest BCUT2D eigenvalue weighted by atomic mass is 10.2. The van der Waals surface area contributed by atoms with Gasteiger partial charge in [-0.1, -0.05) is 12.1 Å². The van der Waals surface area contributed by atoms with E-state index in [9.17, 15) is 18.8 Å². The first-order valence-electron chi connectivity index (χ1n) is 7.61. The summed E-state index contributed by atoms with van der Waals surface area (Å²) >= 11 is 0. The zero-order chi connectivity index (χ0) is 19.3. The normalized spacial score (nSPS) is 11.5. The topological polar surface area (TPSA) is 112 Å². The Bertz CT molecular complexity index is 819. The van der Waals surface area contributed by atoms with E-state index in [1.165, 1.54) is 24.3 Å². The molecule has 2 aromatic rings. The maximum Gasteiger partial charge on any atom is 0.361 e. The van der Waals surface area contributed by atoms with Crippen LogP contribution in [-0.2, 0) is 14.3 Å². The van der Waals surface area contributed by atoms with Crippen molar-refractivity contribution in [1.29, 1.82) is 0 Å². The predicted molar refractivity (Wildman–Crippen MR) is 87.1 cm³/mol. The third-order valence-electron chi connectivity index (χ3n) is 3.55.